The van der Waals surface area contributed by atoms with Crippen LogP contribution in [-0.4, -0.2) is 4.98 Å². The monoisotopic (exact) mass is 295 g/mol. The molecule has 0 amide bonds. The predicted octanol–water partition coefficient (Wildman–Crippen LogP) is 4.98. The molecule has 0 atom stereocenters. The minimum atomic E-state index is 0.477. The zero-order chi connectivity index (χ0) is 14.5. The molecule has 2 aromatic carbocycles. The second-order valence-corrected chi connectivity index (χ2v) is 5.02. The van der Waals surface area contributed by atoms with Crippen LogP contribution in [-0.2, 0) is 6.61 Å². The minimum absolute atomic E-state index is 0.477. The first-order valence-electron chi connectivity index (χ1n) is 6.70. The molecule has 0 N–H and O–H groups in total. The lowest BCUT2D eigenvalue weighted by molar-refractivity contribution is 0.307. The summed E-state index contributed by atoms with van der Waals surface area (Å²) in [5.41, 5.74) is 3.15. The number of benzene rings is 2. The summed E-state index contributed by atoms with van der Waals surface area (Å²) >= 11 is 5.97. The molecule has 0 unspecified atom stereocenters. The topological polar surface area (TPSA) is 22.1 Å². The van der Waals surface area contributed by atoms with E-state index in [9.17, 15) is 0 Å². The van der Waals surface area contributed by atoms with Gasteiger partial charge in [-0.1, -0.05) is 60.1 Å². The number of pyridine rings is 1. The van der Waals surface area contributed by atoms with E-state index >= 15 is 0 Å². The van der Waals surface area contributed by atoms with Gasteiger partial charge in [-0.2, -0.15) is 0 Å². The quantitative estimate of drug-likeness (QED) is 0.633. The molecule has 3 rings (SSSR count). The summed E-state index contributed by atoms with van der Waals surface area (Å²) in [6.45, 7) is 0.538. The summed E-state index contributed by atoms with van der Waals surface area (Å²) in [6, 6.07) is 21.8. The first-order chi connectivity index (χ1) is 10.3. The lowest BCUT2D eigenvalue weighted by atomic mass is 10.1. The number of hydrogen-bond acceptors (Lipinski definition) is 2. The van der Waals surface area contributed by atoms with Crippen molar-refractivity contribution in [3.8, 4) is 16.9 Å². The fourth-order valence-electron chi connectivity index (χ4n) is 2.14. The van der Waals surface area contributed by atoms with Gasteiger partial charge in [-0.15, -0.1) is 0 Å². The summed E-state index contributed by atoms with van der Waals surface area (Å²) in [4.78, 5) is 4.01. The van der Waals surface area contributed by atoms with Gasteiger partial charge < -0.3 is 4.74 Å². The Labute approximate surface area is 129 Å². The van der Waals surface area contributed by atoms with Crippen molar-refractivity contribution in [3.05, 3.63) is 83.6 Å². The number of ether oxygens (including phenoxy) is 1. The van der Waals surface area contributed by atoms with E-state index in [0.29, 0.717) is 11.8 Å². The lowest BCUT2D eigenvalue weighted by Crippen LogP contribution is -1.96. The maximum atomic E-state index is 5.97. The normalized spacial score (nSPS) is 10.3. The highest BCUT2D eigenvalue weighted by Crippen LogP contribution is 2.31. The predicted molar refractivity (Wildman–Crippen MR) is 85.5 cm³/mol. The molecule has 21 heavy (non-hydrogen) atoms. The summed E-state index contributed by atoms with van der Waals surface area (Å²) in [7, 11) is 0. The fraction of sp³-hybridized carbons (Fsp3) is 0.0556. The number of nitrogens with zero attached hydrogens (tertiary/aromatic N) is 1. The highest BCUT2D eigenvalue weighted by molar-refractivity contribution is 6.29. The van der Waals surface area contributed by atoms with Crippen LogP contribution in [0.3, 0.4) is 0 Å². The Morgan fingerprint density at radius 2 is 1.67 bits per heavy atom. The molecular weight excluding hydrogens is 282 g/mol. The second-order valence-electron chi connectivity index (χ2n) is 4.64. The van der Waals surface area contributed by atoms with Crippen molar-refractivity contribution in [3.63, 3.8) is 0 Å². The first-order valence-corrected chi connectivity index (χ1v) is 7.08. The minimum Gasteiger partial charge on any atom is -0.488 e. The molecule has 3 heteroatoms. The number of hydrogen-bond donors (Lipinski definition) is 0. The van der Waals surface area contributed by atoms with Crippen molar-refractivity contribution in [1.29, 1.82) is 0 Å². The van der Waals surface area contributed by atoms with Crippen molar-refractivity contribution < 1.29 is 4.74 Å². The molecule has 0 aliphatic heterocycles. The zero-order valence-electron chi connectivity index (χ0n) is 11.4. The second kappa shape index (κ2) is 6.42. The van der Waals surface area contributed by atoms with Crippen LogP contribution in [0.2, 0.25) is 5.15 Å². The average Bonchev–Trinajstić information content (AvgIpc) is 2.54. The Hall–Kier alpha value is -2.32. The summed E-state index contributed by atoms with van der Waals surface area (Å²) in [5.74, 6) is 0.837. The van der Waals surface area contributed by atoms with E-state index in [1.165, 1.54) is 0 Å². The Balaban J connectivity index is 1.86. The summed E-state index contributed by atoms with van der Waals surface area (Å²) in [6.07, 6.45) is 1.70. The van der Waals surface area contributed by atoms with Crippen LogP contribution in [0.4, 0.5) is 0 Å². The highest BCUT2D eigenvalue weighted by atomic mass is 35.5. The van der Waals surface area contributed by atoms with Gasteiger partial charge in [-0.05, 0) is 29.3 Å². The Morgan fingerprint density at radius 3 is 2.48 bits per heavy atom. The van der Waals surface area contributed by atoms with Crippen LogP contribution >= 0.6 is 11.6 Å². The van der Waals surface area contributed by atoms with Gasteiger partial charge in [0.15, 0.2) is 0 Å². The third-order valence-electron chi connectivity index (χ3n) is 3.16. The molecule has 1 aromatic heterocycles. The molecule has 2 nitrogen and oxygen atoms in total. The smallest absolute Gasteiger partial charge is 0.129 e. The van der Waals surface area contributed by atoms with Crippen LogP contribution in [0.25, 0.3) is 11.1 Å². The SMILES string of the molecule is Clc1cc(-c2ccccc2OCc2ccccc2)ccn1. The molecule has 0 bridgehead atoms. The van der Waals surface area contributed by atoms with E-state index in [1.807, 2.05) is 66.7 Å². The van der Waals surface area contributed by atoms with Gasteiger partial charge in [0.05, 0.1) is 0 Å². The van der Waals surface area contributed by atoms with Gasteiger partial charge in [0.2, 0.25) is 0 Å². The molecule has 0 radical (unpaired) electrons. The molecule has 1 heterocycles. The van der Waals surface area contributed by atoms with E-state index in [-0.39, 0.29) is 0 Å². The van der Waals surface area contributed by atoms with E-state index in [0.717, 1.165) is 22.4 Å². The van der Waals surface area contributed by atoms with Crippen molar-refractivity contribution in [2.24, 2.45) is 0 Å². The Bertz CT molecular complexity index is 728. The maximum absolute atomic E-state index is 5.97. The molecule has 104 valence electrons. The van der Waals surface area contributed by atoms with E-state index in [4.69, 9.17) is 16.3 Å². The van der Waals surface area contributed by atoms with Crippen LogP contribution in [0.1, 0.15) is 5.56 Å². The molecular formula is C18H14ClNO. The van der Waals surface area contributed by atoms with Crippen LogP contribution in [0.15, 0.2) is 72.9 Å². The van der Waals surface area contributed by atoms with Gasteiger partial charge in [-0.25, -0.2) is 4.98 Å². The molecule has 0 fully saturated rings. The summed E-state index contributed by atoms with van der Waals surface area (Å²) in [5, 5.41) is 0.477. The van der Waals surface area contributed by atoms with Crippen LogP contribution in [0, 0.1) is 0 Å². The third kappa shape index (κ3) is 3.41. The standard InChI is InChI=1S/C18H14ClNO/c19-18-12-15(10-11-20-18)16-8-4-5-9-17(16)21-13-14-6-2-1-3-7-14/h1-12H,13H2. The van der Waals surface area contributed by atoms with Gasteiger partial charge in [0.1, 0.15) is 17.5 Å². The largest absolute Gasteiger partial charge is 0.488 e. The summed E-state index contributed by atoms with van der Waals surface area (Å²) < 4.78 is 5.95. The number of halogens is 1. The lowest BCUT2D eigenvalue weighted by Gasteiger charge is -2.11. The fourth-order valence-corrected chi connectivity index (χ4v) is 2.31. The van der Waals surface area contributed by atoms with Crippen LogP contribution < -0.4 is 4.74 Å². The molecule has 3 aromatic rings. The van der Waals surface area contributed by atoms with Crippen molar-refractivity contribution in [2.75, 3.05) is 0 Å². The van der Waals surface area contributed by atoms with Crippen molar-refractivity contribution >= 4 is 11.6 Å². The van der Waals surface area contributed by atoms with Gasteiger partial charge in [-0.3, -0.25) is 0 Å². The molecule has 0 aliphatic rings. The van der Waals surface area contributed by atoms with E-state index in [1.54, 1.807) is 6.20 Å². The van der Waals surface area contributed by atoms with Crippen molar-refractivity contribution in [2.45, 2.75) is 6.61 Å². The average molecular weight is 296 g/mol. The molecule has 0 aliphatic carbocycles. The number of rotatable bonds is 4. The maximum Gasteiger partial charge on any atom is 0.129 e. The third-order valence-corrected chi connectivity index (χ3v) is 3.37. The molecule has 0 saturated carbocycles. The van der Waals surface area contributed by atoms with Gasteiger partial charge in [0, 0.05) is 11.8 Å². The molecule has 0 spiro atoms. The van der Waals surface area contributed by atoms with Crippen molar-refractivity contribution in [1.82, 2.24) is 4.98 Å². The first kappa shape index (κ1) is 13.7. The Kier molecular flexibility index (Phi) is 4.17. The number of aromatic nitrogens is 1. The van der Waals surface area contributed by atoms with E-state index < -0.39 is 0 Å². The number of para-hydroxylation sites is 1. The van der Waals surface area contributed by atoms with Gasteiger partial charge >= 0.3 is 0 Å². The van der Waals surface area contributed by atoms with Crippen LogP contribution in [0.5, 0.6) is 5.75 Å². The zero-order valence-corrected chi connectivity index (χ0v) is 12.1. The van der Waals surface area contributed by atoms with E-state index in [2.05, 4.69) is 4.98 Å². The Morgan fingerprint density at radius 1 is 0.905 bits per heavy atom. The highest BCUT2D eigenvalue weighted by Gasteiger charge is 2.06. The van der Waals surface area contributed by atoms with Gasteiger partial charge in [0.25, 0.3) is 0 Å². The molecule has 0 saturated heterocycles.